The molecule has 2 atom stereocenters. The smallest absolute Gasteiger partial charge is 0.127 e. The van der Waals surface area contributed by atoms with Crippen LogP contribution in [-0.4, -0.2) is 24.9 Å². The maximum atomic E-state index is 6.27. The summed E-state index contributed by atoms with van der Waals surface area (Å²) in [6.45, 7) is 1.19. The van der Waals surface area contributed by atoms with E-state index in [1.54, 1.807) is 0 Å². The fourth-order valence-corrected chi connectivity index (χ4v) is 3.89. The quantitative estimate of drug-likeness (QED) is 0.929. The highest BCUT2D eigenvalue weighted by Crippen LogP contribution is 2.43. The van der Waals surface area contributed by atoms with Crippen molar-refractivity contribution >= 4 is 0 Å². The van der Waals surface area contributed by atoms with E-state index in [2.05, 4.69) is 0 Å². The van der Waals surface area contributed by atoms with Crippen molar-refractivity contribution in [3.8, 4) is 11.5 Å². The zero-order valence-electron chi connectivity index (χ0n) is 12.3. The summed E-state index contributed by atoms with van der Waals surface area (Å²) in [4.78, 5) is 0. The highest BCUT2D eigenvalue weighted by molar-refractivity contribution is 5.44. The lowest BCUT2D eigenvalue weighted by molar-refractivity contribution is -0.0509. The van der Waals surface area contributed by atoms with Crippen molar-refractivity contribution < 1.29 is 14.2 Å². The molecule has 0 bridgehead atoms. The second kappa shape index (κ2) is 5.18. The van der Waals surface area contributed by atoms with Gasteiger partial charge in [-0.3, -0.25) is 0 Å². The van der Waals surface area contributed by atoms with Gasteiger partial charge in [-0.1, -0.05) is 12.8 Å². The van der Waals surface area contributed by atoms with Crippen LogP contribution < -0.4 is 15.2 Å². The summed E-state index contributed by atoms with van der Waals surface area (Å²) in [5.74, 6) is 1.71. The van der Waals surface area contributed by atoms with Gasteiger partial charge in [0.2, 0.25) is 0 Å². The normalized spacial score (nSPS) is 29.6. The van der Waals surface area contributed by atoms with Crippen molar-refractivity contribution in [2.24, 2.45) is 5.73 Å². The molecule has 4 nitrogen and oxygen atoms in total. The molecule has 1 saturated heterocycles. The van der Waals surface area contributed by atoms with Gasteiger partial charge in [-0.25, -0.2) is 0 Å². The van der Waals surface area contributed by atoms with Crippen molar-refractivity contribution in [1.82, 2.24) is 0 Å². The van der Waals surface area contributed by atoms with Gasteiger partial charge >= 0.3 is 0 Å². The Balaban J connectivity index is 1.35. The van der Waals surface area contributed by atoms with E-state index in [0.29, 0.717) is 13.2 Å². The van der Waals surface area contributed by atoms with Crippen molar-refractivity contribution in [1.29, 1.82) is 0 Å². The van der Waals surface area contributed by atoms with Gasteiger partial charge in [-0.05, 0) is 37.8 Å². The monoisotopic (exact) mass is 289 g/mol. The van der Waals surface area contributed by atoms with Crippen LogP contribution in [0.3, 0.4) is 0 Å². The van der Waals surface area contributed by atoms with Crippen molar-refractivity contribution in [3.63, 3.8) is 0 Å². The fourth-order valence-electron chi connectivity index (χ4n) is 3.89. The Kier molecular flexibility index (Phi) is 3.31. The van der Waals surface area contributed by atoms with Crippen LogP contribution in [0, 0.1) is 0 Å². The largest absolute Gasteiger partial charge is 0.491 e. The molecule has 0 radical (unpaired) electrons. The van der Waals surface area contributed by atoms with E-state index < -0.39 is 0 Å². The minimum atomic E-state index is -0.00515. The van der Waals surface area contributed by atoms with E-state index in [4.69, 9.17) is 19.9 Å². The maximum Gasteiger partial charge on any atom is 0.127 e. The van der Waals surface area contributed by atoms with Crippen LogP contribution in [0.2, 0.25) is 0 Å². The number of hydrogen-bond donors (Lipinski definition) is 1. The lowest BCUT2D eigenvalue weighted by Crippen LogP contribution is -2.27. The van der Waals surface area contributed by atoms with E-state index >= 15 is 0 Å². The molecule has 1 spiro atoms. The Labute approximate surface area is 125 Å². The molecule has 4 heteroatoms. The number of nitrogens with two attached hydrogens (primary N) is 1. The van der Waals surface area contributed by atoms with Gasteiger partial charge in [0.15, 0.2) is 0 Å². The molecule has 2 fully saturated rings. The van der Waals surface area contributed by atoms with E-state index in [1.165, 1.54) is 32.1 Å². The predicted molar refractivity (Wildman–Crippen MR) is 79.7 cm³/mol. The average molecular weight is 289 g/mol. The van der Waals surface area contributed by atoms with Gasteiger partial charge < -0.3 is 19.9 Å². The summed E-state index contributed by atoms with van der Waals surface area (Å²) in [6, 6.07) is 5.93. The Morgan fingerprint density at radius 1 is 1.24 bits per heavy atom. The Hall–Kier alpha value is -1.26. The van der Waals surface area contributed by atoms with Gasteiger partial charge in [0.1, 0.15) is 24.7 Å². The molecule has 21 heavy (non-hydrogen) atoms. The molecular formula is C17H23NO3. The molecule has 1 aromatic rings. The number of benzene rings is 1. The Morgan fingerprint density at radius 2 is 2.10 bits per heavy atom. The molecule has 1 aromatic carbocycles. The van der Waals surface area contributed by atoms with Gasteiger partial charge in [-0.2, -0.15) is 0 Å². The molecule has 4 rings (SSSR count). The van der Waals surface area contributed by atoms with Gasteiger partial charge in [-0.15, -0.1) is 0 Å². The molecule has 3 aliphatic rings. The zero-order valence-corrected chi connectivity index (χ0v) is 12.3. The third-order valence-electron chi connectivity index (χ3n) is 5.09. The third kappa shape index (κ3) is 2.51. The molecular weight excluding hydrogens is 266 g/mol. The first-order chi connectivity index (χ1) is 10.2. The molecule has 1 aliphatic carbocycles. The second-order valence-electron chi connectivity index (χ2n) is 6.60. The highest BCUT2D eigenvalue weighted by atomic mass is 16.6. The number of rotatable bonds is 3. The number of hydrogen-bond acceptors (Lipinski definition) is 4. The summed E-state index contributed by atoms with van der Waals surface area (Å²) < 4.78 is 17.7. The standard InChI is InChI=1S/C17H23NO3/c18-15-11-20-16-9-12(3-4-14(15)16)19-10-13-5-8-17(21-13)6-1-2-7-17/h3-4,9,13,15H,1-2,5-8,10-11,18H2. The van der Waals surface area contributed by atoms with E-state index in [1.807, 2.05) is 18.2 Å². The molecule has 2 unspecified atom stereocenters. The SMILES string of the molecule is NC1COc2cc(OCC3CCC4(CCCC4)O3)ccc21. The van der Waals surface area contributed by atoms with Crippen molar-refractivity contribution in [3.05, 3.63) is 23.8 Å². The predicted octanol–water partition coefficient (Wildman–Crippen LogP) is 2.95. The van der Waals surface area contributed by atoms with Crippen molar-refractivity contribution in [2.75, 3.05) is 13.2 Å². The van der Waals surface area contributed by atoms with Gasteiger partial charge in [0.05, 0.1) is 17.7 Å². The van der Waals surface area contributed by atoms with E-state index in [-0.39, 0.29) is 17.7 Å². The lowest BCUT2D eigenvalue weighted by Gasteiger charge is -2.23. The molecule has 0 aromatic heterocycles. The molecule has 0 amide bonds. The molecule has 1 saturated carbocycles. The molecule has 114 valence electrons. The number of ether oxygens (including phenoxy) is 3. The van der Waals surface area contributed by atoms with Crippen LogP contribution in [0.5, 0.6) is 11.5 Å². The minimum absolute atomic E-state index is 0.00515. The van der Waals surface area contributed by atoms with Crippen LogP contribution in [-0.2, 0) is 4.74 Å². The summed E-state index contributed by atoms with van der Waals surface area (Å²) in [5.41, 5.74) is 7.21. The van der Waals surface area contributed by atoms with Crippen LogP contribution in [0.25, 0.3) is 0 Å². The first-order valence-electron chi connectivity index (χ1n) is 8.07. The Morgan fingerprint density at radius 3 is 2.95 bits per heavy atom. The van der Waals surface area contributed by atoms with Crippen LogP contribution in [0.4, 0.5) is 0 Å². The van der Waals surface area contributed by atoms with Crippen LogP contribution in [0.1, 0.15) is 50.1 Å². The topological polar surface area (TPSA) is 53.7 Å². The highest BCUT2D eigenvalue weighted by Gasteiger charge is 2.42. The second-order valence-corrected chi connectivity index (χ2v) is 6.60. The number of fused-ring (bicyclic) bond motifs is 1. The summed E-state index contributed by atoms with van der Waals surface area (Å²) in [5, 5.41) is 0. The molecule has 2 heterocycles. The average Bonchev–Trinajstić information content (AvgIpc) is 3.20. The van der Waals surface area contributed by atoms with E-state index in [9.17, 15) is 0 Å². The summed E-state index contributed by atoms with van der Waals surface area (Å²) >= 11 is 0. The zero-order chi connectivity index (χ0) is 14.3. The lowest BCUT2D eigenvalue weighted by atomic mass is 9.98. The van der Waals surface area contributed by atoms with E-state index in [0.717, 1.165) is 23.5 Å². The van der Waals surface area contributed by atoms with Crippen LogP contribution >= 0.6 is 0 Å². The third-order valence-corrected chi connectivity index (χ3v) is 5.09. The van der Waals surface area contributed by atoms with Crippen molar-refractivity contribution in [2.45, 2.75) is 56.3 Å². The molecule has 2 aliphatic heterocycles. The fraction of sp³-hybridized carbons (Fsp3) is 0.647. The first kappa shape index (κ1) is 13.4. The molecule has 2 N–H and O–H groups in total. The summed E-state index contributed by atoms with van der Waals surface area (Å²) in [7, 11) is 0. The van der Waals surface area contributed by atoms with Crippen LogP contribution in [0.15, 0.2) is 18.2 Å². The minimum Gasteiger partial charge on any atom is -0.491 e. The summed E-state index contributed by atoms with van der Waals surface area (Å²) in [6.07, 6.45) is 7.64. The maximum absolute atomic E-state index is 6.27. The first-order valence-corrected chi connectivity index (χ1v) is 8.07. The Bertz CT molecular complexity index is 525. The van der Waals surface area contributed by atoms with Gasteiger partial charge in [0, 0.05) is 11.6 Å². The van der Waals surface area contributed by atoms with Gasteiger partial charge in [0.25, 0.3) is 0 Å².